The maximum Gasteiger partial charge on any atom is 0.205 e. The van der Waals surface area contributed by atoms with Gasteiger partial charge in [0.05, 0.1) is 5.57 Å². The van der Waals surface area contributed by atoms with Crippen LogP contribution in [0.5, 0.6) is 5.75 Å². The van der Waals surface area contributed by atoms with E-state index in [1.807, 2.05) is 44.1 Å². The van der Waals surface area contributed by atoms with Crippen LogP contribution in [-0.4, -0.2) is 14.1 Å². The van der Waals surface area contributed by atoms with Gasteiger partial charge >= 0.3 is 0 Å². The maximum absolute atomic E-state index is 9.02. The number of nitrogens with two attached hydrogens (primary N) is 1. The first-order valence-corrected chi connectivity index (χ1v) is 5.43. The molecule has 1 aromatic carbocycles. The molecule has 0 aromatic heterocycles. The zero-order valence-corrected chi connectivity index (χ0v) is 10.2. The van der Waals surface area contributed by atoms with Gasteiger partial charge in [-0.15, -0.1) is 0 Å². The van der Waals surface area contributed by atoms with E-state index in [2.05, 4.69) is 6.07 Å². The number of rotatable bonds is 1. The molecule has 1 heterocycles. The molecule has 4 heteroatoms. The van der Waals surface area contributed by atoms with Crippen LogP contribution in [0.25, 0.3) is 0 Å². The summed E-state index contributed by atoms with van der Waals surface area (Å²) in [6.45, 7) is 1.96. The fourth-order valence-corrected chi connectivity index (χ4v) is 1.94. The van der Waals surface area contributed by atoms with E-state index in [4.69, 9.17) is 15.7 Å². The number of fused-ring (bicyclic) bond motifs is 1. The molecule has 17 heavy (non-hydrogen) atoms. The molecular formula is C13H15N3O. The highest BCUT2D eigenvalue weighted by atomic mass is 16.5. The van der Waals surface area contributed by atoms with Crippen LogP contribution >= 0.6 is 0 Å². The Balaban J connectivity index is 2.49. The molecule has 4 nitrogen and oxygen atoms in total. The summed E-state index contributed by atoms with van der Waals surface area (Å²) >= 11 is 0. The number of hydrogen-bond acceptors (Lipinski definition) is 4. The molecule has 1 aromatic rings. The molecular weight excluding hydrogens is 214 g/mol. The normalized spacial score (nSPS) is 18.1. The quantitative estimate of drug-likeness (QED) is 0.799. The largest absolute Gasteiger partial charge is 0.440 e. The van der Waals surface area contributed by atoms with Gasteiger partial charge in [-0.1, -0.05) is 13.0 Å². The van der Waals surface area contributed by atoms with Crippen LogP contribution in [0.2, 0.25) is 0 Å². The molecule has 0 fully saturated rings. The van der Waals surface area contributed by atoms with Crippen LogP contribution in [0, 0.1) is 11.3 Å². The van der Waals surface area contributed by atoms with E-state index in [1.165, 1.54) is 0 Å². The lowest BCUT2D eigenvalue weighted by Gasteiger charge is -2.24. The minimum atomic E-state index is -0.0139. The first-order chi connectivity index (χ1) is 8.04. The predicted molar refractivity (Wildman–Crippen MR) is 66.6 cm³/mol. The van der Waals surface area contributed by atoms with Crippen molar-refractivity contribution in [2.45, 2.75) is 12.8 Å². The highest BCUT2D eigenvalue weighted by Gasteiger charge is 2.25. The van der Waals surface area contributed by atoms with Gasteiger partial charge in [0.2, 0.25) is 5.88 Å². The number of nitrogens with zero attached hydrogens (tertiary/aromatic N) is 2. The Kier molecular flexibility index (Phi) is 2.68. The Morgan fingerprint density at radius 3 is 2.71 bits per heavy atom. The zero-order valence-electron chi connectivity index (χ0n) is 10.2. The van der Waals surface area contributed by atoms with Gasteiger partial charge < -0.3 is 15.4 Å². The van der Waals surface area contributed by atoms with E-state index in [0.29, 0.717) is 5.57 Å². The highest BCUT2D eigenvalue weighted by Crippen LogP contribution is 2.39. The van der Waals surface area contributed by atoms with Crippen LogP contribution in [-0.2, 0) is 0 Å². The summed E-state index contributed by atoms with van der Waals surface area (Å²) in [6.07, 6.45) is 0. The average Bonchev–Trinajstić information content (AvgIpc) is 2.28. The van der Waals surface area contributed by atoms with E-state index in [1.54, 1.807) is 0 Å². The van der Waals surface area contributed by atoms with Gasteiger partial charge in [0.25, 0.3) is 0 Å². The number of nitriles is 1. The summed E-state index contributed by atoms with van der Waals surface area (Å²) in [5.41, 5.74) is 8.28. The summed E-state index contributed by atoms with van der Waals surface area (Å²) in [6, 6.07) is 8.03. The molecule has 0 saturated carbocycles. The number of ether oxygens (including phenoxy) is 1. The van der Waals surface area contributed by atoms with Crippen molar-refractivity contribution in [1.82, 2.24) is 0 Å². The van der Waals surface area contributed by atoms with Crippen molar-refractivity contribution in [3.8, 4) is 11.8 Å². The molecule has 0 amide bonds. The summed E-state index contributed by atoms with van der Waals surface area (Å²) in [4.78, 5) is 1.99. The predicted octanol–water partition coefficient (Wildman–Crippen LogP) is 1.94. The average molecular weight is 229 g/mol. The Morgan fingerprint density at radius 1 is 1.41 bits per heavy atom. The van der Waals surface area contributed by atoms with Gasteiger partial charge in [-0.2, -0.15) is 5.26 Å². The van der Waals surface area contributed by atoms with Gasteiger partial charge in [-0.3, -0.25) is 0 Å². The topological polar surface area (TPSA) is 62.3 Å². The van der Waals surface area contributed by atoms with Crippen LogP contribution in [0.1, 0.15) is 18.4 Å². The second-order valence-corrected chi connectivity index (χ2v) is 4.33. The molecule has 2 rings (SSSR count). The molecule has 1 unspecified atom stereocenters. The summed E-state index contributed by atoms with van der Waals surface area (Å²) in [5.74, 6) is 0.934. The summed E-state index contributed by atoms with van der Waals surface area (Å²) < 4.78 is 5.50. The van der Waals surface area contributed by atoms with E-state index >= 15 is 0 Å². The number of hydrogen-bond donors (Lipinski definition) is 1. The molecule has 88 valence electrons. The Labute approximate surface area is 101 Å². The van der Waals surface area contributed by atoms with Crippen molar-refractivity contribution in [3.63, 3.8) is 0 Å². The van der Waals surface area contributed by atoms with Gasteiger partial charge in [0, 0.05) is 37.3 Å². The van der Waals surface area contributed by atoms with E-state index < -0.39 is 0 Å². The van der Waals surface area contributed by atoms with Crippen molar-refractivity contribution >= 4 is 5.69 Å². The van der Waals surface area contributed by atoms with E-state index in [9.17, 15) is 0 Å². The lowest BCUT2D eigenvalue weighted by molar-refractivity contribution is 0.391. The number of anilines is 1. The van der Waals surface area contributed by atoms with E-state index in [-0.39, 0.29) is 11.8 Å². The third-order valence-electron chi connectivity index (χ3n) is 3.02. The summed E-state index contributed by atoms with van der Waals surface area (Å²) in [7, 11) is 3.93. The molecule has 0 saturated heterocycles. The molecule has 0 radical (unpaired) electrons. The lowest BCUT2D eigenvalue weighted by Crippen LogP contribution is -2.19. The third-order valence-corrected chi connectivity index (χ3v) is 3.02. The van der Waals surface area contributed by atoms with Crippen molar-refractivity contribution in [2.75, 3.05) is 19.0 Å². The lowest BCUT2D eigenvalue weighted by atomic mass is 9.91. The Hall–Kier alpha value is -2.15. The van der Waals surface area contributed by atoms with Crippen molar-refractivity contribution in [1.29, 1.82) is 5.26 Å². The Morgan fingerprint density at radius 2 is 2.12 bits per heavy atom. The van der Waals surface area contributed by atoms with Gasteiger partial charge in [0.15, 0.2) is 0 Å². The first kappa shape index (κ1) is 11.3. The second kappa shape index (κ2) is 4.02. The van der Waals surface area contributed by atoms with Crippen molar-refractivity contribution < 1.29 is 4.74 Å². The van der Waals surface area contributed by atoms with Crippen LogP contribution in [0.4, 0.5) is 5.69 Å². The minimum absolute atomic E-state index is 0.0139. The fourth-order valence-electron chi connectivity index (χ4n) is 1.94. The smallest absolute Gasteiger partial charge is 0.205 e. The van der Waals surface area contributed by atoms with Crippen molar-refractivity contribution in [3.05, 3.63) is 35.2 Å². The third kappa shape index (κ3) is 1.80. The van der Waals surface area contributed by atoms with Gasteiger partial charge in [-0.25, -0.2) is 0 Å². The molecule has 2 N–H and O–H groups in total. The molecule has 0 spiro atoms. The maximum atomic E-state index is 9.02. The molecule has 1 atom stereocenters. The SMILES string of the molecule is CC1C(C#N)=C(N)Oc2cc(N(C)C)ccc21. The minimum Gasteiger partial charge on any atom is -0.440 e. The van der Waals surface area contributed by atoms with Crippen LogP contribution in [0.15, 0.2) is 29.7 Å². The zero-order chi connectivity index (χ0) is 12.6. The standard InChI is InChI=1S/C13H15N3O/c1-8-10-5-4-9(16(2)3)6-12(10)17-13(15)11(8)7-14/h4-6,8H,15H2,1-3H3. The van der Waals surface area contributed by atoms with Gasteiger partial charge in [-0.05, 0) is 6.07 Å². The van der Waals surface area contributed by atoms with Gasteiger partial charge in [0.1, 0.15) is 11.8 Å². The molecule has 0 aliphatic carbocycles. The molecule has 0 bridgehead atoms. The number of allylic oxidation sites excluding steroid dienone is 1. The second-order valence-electron chi connectivity index (χ2n) is 4.33. The van der Waals surface area contributed by atoms with Crippen LogP contribution in [0.3, 0.4) is 0 Å². The Bertz CT molecular complexity index is 526. The van der Waals surface area contributed by atoms with Crippen LogP contribution < -0.4 is 15.4 Å². The van der Waals surface area contributed by atoms with Crippen molar-refractivity contribution in [2.24, 2.45) is 5.73 Å². The van der Waals surface area contributed by atoms with E-state index in [0.717, 1.165) is 17.0 Å². The monoisotopic (exact) mass is 229 g/mol. The molecule has 1 aliphatic heterocycles. The summed E-state index contributed by atoms with van der Waals surface area (Å²) in [5, 5.41) is 9.02. The highest BCUT2D eigenvalue weighted by molar-refractivity contribution is 5.57. The number of benzene rings is 1. The fraction of sp³-hybridized carbons (Fsp3) is 0.308. The first-order valence-electron chi connectivity index (χ1n) is 5.43. The molecule has 1 aliphatic rings.